The van der Waals surface area contributed by atoms with Crippen molar-refractivity contribution in [2.24, 2.45) is 0 Å². The monoisotopic (exact) mass is 302 g/mol. The fraction of sp³-hybridized carbons (Fsp3) is 0.214. The summed E-state index contributed by atoms with van der Waals surface area (Å²) < 4.78 is 10.4. The van der Waals surface area contributed by atoms with E-state index in [4.69, 9.17) is 9.47 Å². The molecular formula is C14H14N4O2S. The van der Waals surface area contributed by atoms with Gasteiger partial charge in [-0.3, -0.25) is 0 Å². The zero-order chi connectivity index (χ0) is 14.7. The van der Waals surface area contributed by atoms with Gasteiger partial charge < -0.3 is 14.8 Å². The van der Waals surface area contributed by atoms with Crippen LogP contribution in [0.15, 0.2) is 29.9 Å². The minimum absolute atomic E-state index is 0.526. The lowest BCUT2D eigenvalue weighted by Crippen LogP contribution is -2.05. The number of anilines is 1. The lowest BCUT2D eigenvalue weighted by Gasteiger charge is -2.10. The summed E-state index contributed by atoms with van der Waals surface area (Å²) >= 11 is 1.59. The van der Waals surface area contributed by atoms with E-state index in [2.05, 4.69) is 20.3 Å². The summed E-state index contributed by atoms with van der Waals surface area (Å²) in [6.45, 7) is 0.558. The second kappa shape index (κ2) is 5.92. The number of aromatic nitrogens is 3. The normalized spacial score (nSPS) is 10.6. The van der Waals surface area contributed by atoms with Gasteiger partial charge in [-0.2, -0.15) is 4.98 Å². The largest absolute Gasteiger partial charge is 0.481 e. The number of nitrogens with one attached hydrogen (secondary N) is 1. The van der Waals surface area contributed by atoms with E-state index in [1.165, 1.54) is 0 Å². The maximum Gasteiger partial charge on any atom is 0.221 e. The first-order chi connectivity index (χ1) is 10.3. The van der Waals surface area contributed by atoms with Gasteiger partial charge in [0.05, 0.1) is 19.6 Å². The molecule has 7 heteroatoms. The molecule has 3 heterocycles. The van der Waals surface area contributed by atoms with E-state index < -0.39 is 0 Å². The standard InChI is InChI=1S/C14H14N4O2S/c1-19-11-4-3-9(13(18-11)20-2)7-15-12-10-5-6-21-14(10)17-8-16-12/h3-6,8H,7H2,1-2H3,(H,15,16,17). The summed E-state index contributed by atoms with van der Waals surface area (Å²) in [5, 5.41) is 6.31. The van der Waals surface area contributed by atoms with Crippen LogP contribution in [0.1, 0.15) is 5.56 Å². The van der Waals surface area contributed by atoms with Gasteiger partial charge in [0.2, 0.25) is 11.8 Å². The lowest BCUT2D eigenvalue weighted by atomic mass is 10.2. The topological polar surface area (TPSA) is 69.2 Å². The minimum atomic E-state index is 0.526. The summed E-state index contributed by atoms with van der Waals surface area (Å²) in [6, 6.07) is 5.73. The predicted octanol–water partition coefficient (Wildman–Crippen LogP) is 2.72. The summed E-state index contributed by atoms with van der Waals surface area (Å²) in [4.78, 5) is 13.7. The molecule has 0 fully saturated rings. The van der Waals surface area contributed by atoms with Crippen molar-refractivity contribution in [3.05, 3.63) is 35.5 Å². The Hall–Kier alpha value is -2.41. The molecule has 0 aromatic carbocycles. The Labute approximate surface area is 125 Å². The van der Waals surface area contributed by atoms with Crippen molar-refractivity contribution >= 4 is 27.4 Å². The highest BCUT2D eigenvalue weighted by atomic mass is 32.1. The summed E-state index contributed by atoms with van der Waals surface area (Å²) in [5.74, 6) is 1.87. The van der Waals surface area contributed by atoms with Crippen molar-refractivity contribution in [2.75, 3.05) is 19.5 Å². The lowest BCUT2D eigenvalue weighted by molar-refractivity contribution is 0.361. The predicted molar refractivity (Wildman–Crippen MR) is 82.1 cm³/mol. The quantitative estimate of drug-likeness (QED) is 0.781. The number of thiophene rings is 1. The number of methoxy groups -OCH3 is 2. The van der Waals surface area contributed by atoms with Gasteiger partial charge >= 0.3 is 0 Å². The van der Waals surface area contributed by atoms with Crippen LogP contribution in [-0.2, 0) is 6.54 Å². The number of pyridine rings is 1. The van der Waals surface area contributed by atoms with Gasteiger partial charge in [0.25, 0.3) is 0 Å². The van der Waals surface area contributed by atoms with Crippen LogP contribution in [0.5, 0.6) is 11.8 Å². The third kappa shape index (κ3) is 2.73. The first-order valence-electron chi connectivity index (χ1n) is 6.32. The van der Waals surface area contributed by atoms with Crippen molar-refractivity contribution in [1.29, 1.82) is 0 Å². The van der Waals surface area contributed by atoms with Gasteiger partial charge in [0.15, 0.2) is 0 Å². The van der Waals surface area contributed by atoms with E-state index in [0.717, 1.165) is 21.6 Å². The molecule has 21 heavy (non-hydrogen) atoms. The Morgan fingerprint density at radius 1 is 1.14 bits per heavy atom. The maximum absolute atomic E-state index is 5.29. The molecule has 0 atom stereocenters. The molecule has 0 saturated carbocycles. The van der Waals surface area contributed by atoms with Gasteiger partial charge in [-0.15, -0.1) is 11.3 Å². The van der Waals surface area contributed by atoms with E-state index >= 15 is 0 Å². The van der Waals surface area contributed by atoms with Gasteiger partial charge in [0.1, 0.15) is 17.0 Å². The highest BCUT2D eigenvalue weighted by Gasteiger charge is 2.09. The third-order valence-electron chi connectivity index (χ3n) is 3.02. The summed E-state index contributed by atoms with van der Waals surface area (Å²) in [6.07, 6.45) is 1.56. The van der Waals surface area contributed by atoms with E-state index in [0.29, 0.717) is 18.3 Å². The number of rotatable bonds is 5. The van der Waals surface area contributed by atoms with Crippen LogP contribution in [0.2, 0.25) is 0 Å². The van der Waals surface area contributed by atoms with Crippen LogP contribution in [0.25, 0.3) is 10.2 Å². The Morgan fingerprint density at radius 2 is 2.05 bits per heavy atom. The number of ether oxygens (including phenoxy) is 2. The molecule has 3 aromatic heterocycles. The highest BCUT2D eigenvalue weighted by molar-refractivity contribution is 7.16. The SMILES string of the molecule is COc1ccc(CNc2ncnc3sccc23)c(OC)n1. The molecule has 0 spiro atoms. The smallest absolute Gasteiger partial charge is 0.221 e. The second-order valence-electron chi connectivity index (χ2n) is 4.24. The molecule has 6 nitrogen and oxygen atoms in total. The number of nitrogens with zero attached hydrogens (tertiary/aromatic N) is 3. The molecule has 0 unspecified atom stereocenters. The fourth-order valence-electron chi connectivity index (χ4n) is 1.99. The zero-order valence-corrected chi connectivity index (χ0v) is 12.5. The fourth-order valence-corrected chi connectivity index (χ4v) is 2.72. The first kappa shape index (κ1) is 13.6. The van der Waals surface area contributed by atoms with Crippen LogP contribution in [0.4, 0.5) is 5.82 Å². The minimum Gasteiger partial charge on any atom is -0.481 e. The molecule has 0 amide bonds. The van der Waals surface area contributed by atoms with Crippen molar-refractivity contribution in [2.45, 2.75) is 6.54 Å². The van der Waals surface area contributed by atoms with Crippen LogP contribution >= 0.6 is 11.3 Å². The molecule has 0 bridgehead atoms. The van der Waals surface area contributed by atoms with Crippen molar-refractivity contribution < 1.29 is 9.47 Å². The Morgan fingerprint density at radius 3 is 2.86 bits per heavy atom. The van der Waals surface area contributed by atoms with Gasteiger partial charge in [-0.05, 0) is 17.5 Å². The summed E-state index contributed by atoms with van der Waals surface area (Å²) in [5.41, 5.74) is 0.931. The Balaban J connectivity index is 1.83. The van der Waals surface area contributed by atoms with Crippen molar-refractivity contribution in [1.82, 2.24) is 15.0 Å². The van der Waals surface area contributed by atoms with E-state index in [1.54, 1.807) is 38.0 Å². The third-order valence-corrected chi connectivity index (χ3v) is 3.84. The number of hydrogen-bond acceptors (Lipinski definition) is 7. The Kier molecular flexibility index (Phi) is 3.83. The average molecular weight is 302 g/mol. The van der Waals surface area contributed by atoms with Crippen molar-refractivity contribution in [3.63, 3.8) is 0 Å². The van der Waals surface area contributed by atoms with Crippen LogP contribution in [-0.4, -0.2) is 29.2 Å². The maximum atomic E-state index is 5.29. The molecular weight excluding hydrogens is 288 g/mol. The first-order valence-corrected chi connectivity index (χ1v) is 7.19. The number of hydrogen-bond donors (Lipinski definition) is 1. The number of fused-ring (bicyclic) bond motifs is 1. The molecule has 3 aromatic rings. The van der Waals surface area contributed by atoms with Crippen molar-refractivity contribution in [3.8, 4) is 11.8 Å². The van der Waals surface area contributed by atoms with E-state index in [1.807, 2.05) is 17.5 Å². The molecule has 0 aliphatic heterocycles. The molecule has 108 valence electrons. The molecule has 0 aliphatic rings. The van der Waals surface area contributed by atoms with E-state index in [9.17, 15) is 0 Å². The zero-order valence-electron chi connectivity index (χ0n) is 11.7. The van der Waals surface area contributed by atoms with Gasteiger partial charge in [-0.25, -0.2) is 9.97 Å². The summed E-state index contributed by atoms with van der Waals surface area (Å²) in [7, 11) is 3.17. The Bertz CT molecular complexity index is 760. The van der Waals surface area contributed by atoms with Crippen LogP contribution < -0.4 is 14.8 Å². The van der Waals surface area contributed by atoms with Crippen LogP contribution in [0.3, 0.4) is 0 Å². The molecule has 0 radical (unpaired) electrons. The van der Waals surface area contributed by atoms with E-state index in [-0.39, 0.29) is 0 Å². The van der Waals surface area contributed by atoms with Gasteiger partial charge in [-0.1, -0.05) is 0 Å². The van der Waals surface area contributed by atoms with Gasteiger partial charge in [0, 0.05) is 18.2 Å². The average Bonchev–Trinajstić information content (AvgIpc) is 3.01. The van der Waals surface area contributed by atoms with Crippen LogP contribution in [0, 0.1) is 0 Å². The molecule has 0 aliphatic carbocycles. The molecule has 1 N–H and O–H groups in total. The second-order valence-corrected chi connectivity index (χ2v) is 5.13. The highest BCUT2D eigenvalue weighted by Crippen LogP contribution is 2.25. The molecule has 3 rings (SSSR count). The molecule has 0 saturated heterocycles.